The second-order valence-corrected chi connectivity index (χ2v) is 8.20. The zero-order valence-corrected chi connectivity index (χ0v) is 17.7. The fourth-order valence-electron chi connectivity index (χ4n) is 2.96. The molecule has 2 amide bonds. The van der Waals surface area contributed by atoms with Gasteiger partial charge in [-0.3, -0.25) is 14.6 Å². The summed E-state index contributed by atoms with van der Waals surface area (Å²) in [5, 5.41) is 5.86. The predicted octanol–water partition coefficient (Wildman–Crippen LogP) is 4.61. The Hall–Kier alpha value is -2.69. The highest BCUT2D eigenvalue weighted by Crippen LogP contribution is 2.33. The number of amides is 2. The van der Waals surface area contributed by atoms with Gasteiger partial charge in [-0.05, 0) is 48.9 Å². The normalized spacial score (nSPS) is 11.6. The quantitative estimate of drug-likeness (QED) is 0.688. The first-order valence-corrected chi connectivity index (χ1v) is 9.77. The van der Waals surface area contributed by atoms with Gasteiger partial charge in [-0.2, -0.15) is 0 Å². The van der Waals surface area contributed by atoms with E-state index in [1.807, 2.05) is 36.4 Å². The molecule has 1 aromatic carbocycles. The molecule has 0 radical (unpaired) electrons. The minimum absolute atomic E-state index is 0.259. The molecular formula is C23H31N3O2. The Morgan fingerprint density at radius 2 is 1.54 bits per heavy atom. The molecule has 5 nitrogen and oxygen atoms in total. The number of hydrogen-bond donors (Lipinski definition) is 2. The van der Waals surface area contributed by atoms with Crippen LogP contribution in [0.4, 0.5) is 5.69 Å². The summed E-state index contributed by atoms with van der Waals surface area (Å²) in [6, 6.07) is 11.6. The number of pyridine rings is 1. The average Bonchev–Trinajstić information content (AvgIpc) is 2.66. The van der Waals surface area contributed by atoms with E-state index in [0.29, 0.717) is 0 Å². The maximum atomic E-state index is 13.0. The van der Waals surface area contributed by atoms with Crippen molar-refractivity contribution in [1.82, 2.24) is 10.3 Å². The molecule has 28 heavy (non-hydrogen) atoms. The van der Waals surface area contributed by atoms with Gasteiger partial charge in [0.1, 0.15) is 5.41 Å². The molecule has 1 aromatic heterocycles. The van der Waals surface area contributed by atoms with E-state index in [1.54, 1.807) is 20.0 Å². The standard InChI is InChI=1S/C23H31N3O2/c1-15(2)18-11-9-12-19(16(3)4)20(18)26-22(28)23(5,6)21(27)25-14-17-10-7-8-13-24-17/h7-13,15-16H,14H2,1-6H3,(H,25,27)(H,26,28). The van der Waals surface area contributed by atoms with Gasteiger partial charge in [-0.1, -0.05) is 52.0 Å². The van der Waals surface area contributed by atoms with Crippen molar-refractivity contribution in [3.63, 3.8) is 0 Å². The van der Waals surface area contributed by atoms with Gasteiger partial charge in [-0.25, -0.2) is 0 Å². The smallest absolute Gasteiger partial charge is 0.239 e. The molecule has 2 rings (SSSR count). The molecule has 0 spiro atoms. The summed E-state index contributed by atoms with van der Waals surface area (Å²) in [7, 11) is 0. The average molecular weight is 382 g/mol. The number of para-hydroxylation sites is 1. The minimum Gasteiger partial charge on any atom is -0.350 e. The van der Waals surface area contributed by atoms with Crippen molar-refractivity contribution < 1.29 is 9.59 Å². The van der Waals surface area contributed by atoms with Gasteiger partial charge in [-0.15, -0.1) is 0 Å². The predicted molar refractivity (Wildman–Crippen MR) is 113 cm³/mol. The lowest BCUT2D eigenvalue weighted by Gasteiger charge is -2.26. The van der Waals surface area contributed by atoms with Crippen LogP contribution in [0.5, 0.6) is 0 Å². The largest absolute Gasteiger partial charge is 0.350 e. The SMILES string of the molecule is CC(C)c1cccc(C(C)C)c1NC(=O)C(C)(C)C(=O)NCc1ccccn1. The highest BCUT2D eigenvalue weighted by molar-refractivity contribution is 6.10. The molecule has 2 N–H and O–H groups in total. The zero-order valence-electron chi connectivity index (χ0n) is 17.7. The summed E-state index contributed by atoms with van der Waals surface area (Å²) in [5.41, 5.74) is 2.50. The number of nitrogens with one attached hydrogen (secondary N) is 2. The van der Waals surface area contributed by atoms with Crippen LogP contribution in [0.25, 0.3) is 0 Å². The van der Waals surface area contributed by atoms with Crippen molar-refractivity contribution in [2.45, 2.75) is 59.9 Å². The number of rotatable bonds is 7. The third-order valence-corrected chi connectivity index (χ3v) is 4.90. The van der Waals surface area contributed by atoms with Crippen molar-refractivity contribution in [1.29, 1.82) is 0 Å². The highest BCUT2D eigenvalue weighted by atomic mass is 16.2. The lowest BCUT2D eigenvalue weighted by Crippen LogP contribution is -2.45. The third-order valence-electron chi connectivity index (χ3n) is 4.90. The summed E-state index contributed by atoms with van der Waals surface area (Å²) in [5.74, 6) is -0.130. The van der Waals surface area contributed by atoms with Crippen LogP contribution in [0.3, 0.4) is 0 Å². The van der Waals surface area contributed by atoms with E-state index >= 15 is 0 Å². The summed E-state index contributed by atoms with van der Waals surface area (Å²) >= 11 is 0. The first kappa shape index (κ1) is 21.6. The summed E-state index contributed by atoms with van der Waals surface area (Å²) in [6.07, 6.45) is 1.68. The Kier molecular flexibility index (Phi) is 6.95. The molecule has 0 saturated carbocycles. The molecule has 5 heteroatoms. The van der Waals surface area contributed by atoms with E-state index in [2.05, 4.69) is 43.3 Å². The molecule has 0 atom stereocenters. The summed E-state index contributed by atoms with van der Waals surface area (Å²) in [4.78, 5) is 29.9. The fourth-order valence-corrected chi connectivity index (χ4v) is 2.96. The lowest BCUT2D eigenvalue weighted by molar-refractivity contribution is -0.138. The van der Waals surface area contributed by atoms with Gasteiger partial charge in [0, 0.05) is 11.9 Å². The number of hydrogen-bond acceptors (Lipinski definition) is 3. The summed E-state index contributed by atoms with van der Waals surface area (Å²) in [6.45, 7) is 12.0. The van der Waals surface area contributed by atoms with Crippen LogP contribution >= 0.6 is 0 Å². The van der Waals surface area contributed by atoms with Gasteiger partial charge in [0.15, 0.2) is 0 Å². The zero-order chi connectivity index (χ0) is 20.9. The Morgan fingerprint density at radius 1 is 0.929 bits per heavy atom. The maximum Gasteiger partial charge on any atom is 0.239 e. The third kappa shape index (κ3) is 4.97. The fraction of sp³-hybridized carbons (Fsp3) is 0.435. The molecule has 0 unspecified atom stereocenters. The van der Waals surface area contributed by atoms with E-state index in [1.165, 1.54) is 0 Å². The molecule has 0 aliphatic carbocycles. The molecular weight excluding hydrogens is 350 g/mol. The van der Waals surface area contributed by atoms with Gasteiger partial charge in [0.2, 0.25) is 11.8 Å². The van der Waals surface area contributed by atoms with E-state index in [-0.39, 0.29) is 30.2 Å². The van der Waals surface area contributed by atoms with Crippen molar-refractivity contribution in [2.24, 2.45) is 5.41 Å². The van der Waals surface area contributed by atoms with Crippen LogP contribution in [0, 0.1) is 5.41 Å². The van der Waals surface area contributed by atoms with Crippen LogP contribution in [-0.4, -0.2) is 16.8 Å². The Bertz CT molecular complexity index is 801. The Labute approximate surface area is 168 Å². The van der Waals surface area contributed by atoms with Gasteiger partial charge in [0.05, 0.1) is 12.2 Å². The van der Waals surface area contributed by atoms with E-state index < -0.39 is 5.41 Å². The van der Waals surface area contributed by atoms with Gasteiger partial charge in [0.25, 0.3) is 0 Å². The lowest BCUT2D eigenvalue weighted by atomic mass is 9.88. The molecule has 150 valence electrons. The second-order valence-electron chi connectivity index (χ2n) is 8.20. The molecule has 1 heterocycles. The number of carbonyl (C=O) groups excluding carboxylic acids is 2. The van der Waals surface area contributed by atoms with Crippen LogP contribution < -0.4 is 10.6 Å². The van der Waals surface area contributed by atoms with Crippen LogP contribution in [0.2, 0.25) is 0 Å². The molecule has 0 aliphatic heterocycles. The molecule has 0 saturated heterocycles. The monoisotopic (exact) mass is 381 g/mol. The number of benzene rings is 1. The van der Waals surface area contributed by atoms with Crippen LogP contribution in [-0.2, 0) is 16.1 Å². The van der Waals surface area contributed by atoms with Crippen molar-refractivity contribution >= 4 is 17.5 Å². The van der Waals surface area contributed by atoms with Crippen molar-refractivity contribution in [3.05, 3.63) is 59.4 Å². The first-order valence-electron chi connectivity index (χ1n) is 9.77. The van der Waals surface area contributed by atoms with Crippen LogP contribution in [0.1, 0.15) is 70.2 Å². The Balaban J connectivity index is 2.19. The van der Waals surface area contributed by atoms with E-state index in [4.69, 9.17) is 0 Å². The van der Waals surface area contributed by atoms with Gasteiger partial charge < -0.3 is 10.6 Å². The number of carbonyl (C=O) groups is 2. The summed E-state index contributed by atoms with van der Waals surface area (Å²) < 4.78 is 0. The topological polar surface area (TPSA) is 71.1 Å². The molecule has 2 aromatic rings. The highest BCUT2D eigenvalue weighted by Gasteiger charge is 2.36. The number of nitrogens with zero attached hydrogens (tertiary/aromatic N) is 1. The second kappa shape index (κ2) is 9.00. The number of aromatic nitrogens is 1. The van der Waals surface area contributed by atoms with Crippen LogP contribution in [0.15, 0.2) is 42.6 Å². The number of anilines is 1. The van der Waals surface area contributed by atoms with E-state index in [9.17, 15) is 9.59 Å². The van der Waals surface area contributed by atoms with Gasteiger partial charge >= 0.3 is 0 Å². The minimum atomic E-state index is -1.22. The van der Waals surface area contributed by atoms with Crippen molar-refractivity contribution in [2.75, 3.05) is 5.32 Å². The molecule has 0 bridgehead atoms. The Morgan fingerprint density at radius 3 is 2.04 bits per heavy atom. The van der Waals surface area contributed by atoms with Crippen molar-refractivity contribution in [3.8, 4) is 0 Å². The molecule has 0 aliphatic rings. The molecule has 0 fully saturated rings. The van der Waals surface area contributed by atoms with E-state index in [0.717, 1.165) is 22.5 Å². The maximum absolute atomic E-state index is 13.0. The first-order chi connectivity index (χ1) is 13.1.